The van der Waals surface area contributed by atoms with Crippen LogP contribution in [-0.4, -0.2) is 4.57 Å². The Kier molecular flexibility index (Phi) is 10.1. The summed E-state index contributed by atoms with van der Waals surface area (Å²) in [5.41, 5.74) is 16.6. The lowest BCUT2D eigenvalue weighted by Gasteiger charge is -2.22. The summed E-state index contributed by atoms with van der Waals surface area (Å²) in [6.07, 6.45) is 8.85. The number of nitrogens with one attached hydrogen (secondary N) is 1. The maximum atomic E-state index is 3.66. The molecular formula is C53H48N2. The second kappa shape index (κ2) is 15.5. The van der Waals surface area contributed by atoms with E-state index in [2.05, 4.69) is 200 Å². The maximum Gasteiger partial charge on any atom is 0.0538 e. The molecule has 0 bridgehead atoms. The molecule has 2 nitrogen and oxygen atoms in total. The summed E-state index contributed by atoms with van der Waals surface area (Å²) in [5, 5.41) is 6.26. The van der Waals surface area contributed by atoms with Gasteiger partial charge in [0, 0.05) is 33.3 Å². The molecule has 10 rings (SSSR count). The van der Waals surface area contributed by atoms with E-state index >= 15 is 0 Å². The van der Waals surface area contributed by atoms with E-state index < -0.39 is 0 Å². The second-order valence-electron chi connectivity index (χ2n) is 14.6. The topological polar surface area (TPSA) is 17.0 Å². The van der Waals surface area contributed by atoms with E-state index in [-0.39, 0.29) is 5.41 Å². The molecule has 270 valence electrons. The highest BCUT2D eigenvalue weighted by Crippen LogP contribution is 2.49. The molecule has 0 saturated carbocycles. The molecule has 1 aromatic heterocycles. The van der Waals surface area contributed by atoms with Crippen LogP contribution in [0, 0.1) is 0 Å². The lowest BCUT2D eigenvalue weighted by atomic mass is 9.82. The molecule has 7 aromatic carbocycles. The molecular weight excluding hydrogens is 665 g/mol. The number of rotatable bonds is 5. The SMILES string of the molecule is CC.CC1(C)c2ccccc2-c2ccc(Nc3ccc(-c4ccc5c(c4)c4ccccc4n5C4=CC=CCC4)cc3)cc21.c1ccc(-c2ccccc2)cc1. The predicted molar refractivity (Wildman–Crippen MR) is 238 cm³/mol. The van der Waals surface area contributed by atoms with Crippen LogP contribution in [0.3, 0.4) is 0 Å². The van der Waals surface area contributed by atoms with Gasteiger partial charge in [0.1, 0.15) is 0 Å². The Morgan fingerprint density at radius 2 is 1.07 bits per heavy atom. The van der Waals surface area contributed by atoms with Gasteiger partial charge in [0.15, 0.2) is 0 Å². The third-order valence-corrected chi connectivity index (χ3v) is 10.9. The lowest BCUT2D eigenvalue weighted by molar-refractivity contribution is 0.660. The standard InChI is InChI=1S/C39H32N2.C12H10.C2H6/c1-39(2)35-14-8-6-12-31(35)32-22-21-29(25-36(32)39)40-28-19-16-26(17-20-28)27-18-23-38-34(24-27)33-13-7-9-15-37(33)41(38)30-10-4-3-5-11-30;1-3-7-11(8-4-1)12-9-5-2-6-10-12;1-2/h3-4,6-10,12-25,40H,5,11H2,1-2H3;1-10H;1-2H3. The van der Waals surface area contributed by atoms with Crippen LogP contribution in [0.25, 0.3) is 60.9 Å². The Bertz CT molecular complexity index is 2600. The summed E-state index contributed by atoms with van der Waals surface area (Å²) in [4.78, 5) is 0. The molecule has 2 aliphatic rings. The highest BCUT2D eigenvalue weighted by atomic mass is 15.0. The fraction of sp³-hybridized carbons (Fsp3) is 0.132. The number of fused-ring (bicyclic) bond motifs is 6. The smallest absolute Gasteiger partial charge is 0.0538 e. The van der Waals surface area contributed by atoms with Crippen molar-refractivity contribution < 1.29 is 0 Å². The number of nitrogens with zero attached hydrogens (tertiary/aromatic N) is 1. The van der Waals surface area contributed by atoms with Gasteiger partial charge >= 0.3 is 0 Å². The first kappa shape index (κ1) is 35.6. The van der Waals surface area contributed by atoms with Gasteiger partial charge in [-0.25, -0.2) is 0 Å². The summed E-state index contributed by atoms with van der Waals surface area (Å²) in [5.74, 6) is 0. The van der Waals surface area contributed by atoms with Crippen LogP contribution in [0.1, 0.15) is 51.7 Å². The van der Waals surface area contributed by atoms with Crippen LogP contribution in [-0.2, 0) is 5.41 Å². The van der Waals surface area contributed by atoms with Crippen molar-refractivity contribution in [2.75, 3.05) is 5.32 Å². The molecule has 8 aromatic rings. The van der Waals surface area contributed by atoms with Crippen molar-refractivity contribution in [1.82, 2.24) is 4.57 Å². The first-order chi connectivity index (χ1) is 27.0. The predicted octanol–water partition coefficient (Wildman–Crippen LogP) is 15.1. The fourth-order valence-electron chi connectivity index (χ4n) is 8.19. The van der Waals surface area contributed by atoms with Gasteiger partial charge in [0.25, 0.3) is 0 Å². The fourth-order valence-corrected chi connectivity index (χ4v) is 8.19. The van der Waals surface area contributed by atoms with Gasteiger partial charge < -0.3 is 9.88 Å². The zero-order valence-corrected chi connectivity index (χ0v) is 32.3. The summed E-state index contributed by atoms with van der Waals surface area (Å²) in [6, 6.07) is 60.9. The van der Waals surface area contributed by atoms with Gasteiger partial charge in [-0.05, 0) is 106 Å². The van der Waals surface area contributed by atoms with Crippen molar-refractivity contribution in [2.45, 2.75) is 46.0 Å². The number of benzene rings is 7. The monoisotopic (exact) mass is 712 g/mol. The van der Waals surface area contributed by atoms with E-state index in [9.17, 15) is 0 Å². The van der Waals surface area contributed by atoms with Crippen LogP contribution in [0.15, 0.2) is 188 Å². The van der Waals surface area contributed by atoms with Gasteiger partial charge in [0.05, 0.1) is 11.0 Å². The average Bonchev–Trinajstić information content (AvgIpc) is 3.71. The van der Waals surface area contributed by atoms with E-state index in [1.54, 1.807) is 0 Å². The van der Waals surface area contributed by atoms with Crippen LogP contribution in [0.2, 0.25) is 0 Å². The van der Waals surface area contributed by atoms with Gasteiger partial charge in [-0.2, -0.15) is 0 Å². The molecule has 0 fully saturated rings. The number of anilines is 2. The minimum Gasteiger partial charge on any atom is -0.356 e. The van der Waals surface area contributed by atoms with Gasteiger partial charge in [-0.1, -0.05) is 167 Å². The molecule has 0 radical (unpaired) electrons. The molecule has 0 amide bonds. The molecule has 2 heteroatoms. The number of hydrogen-bond donors (Lipinski definition) is 1. The van der Waals surface area contributed by atoms with E-state index in [1.807, 2.05) is 26.0 Å². The van der Waals surface area contributed by atoms with Crippen molar-refractivity contribution in [3.8, 4) is 33.4 Å². The largest absolute Gasteiger partial charge is 0.356 e. The maximum absolute atomic E-state index is 3.66. The number of hydrogen-bond acceptors (Lipinski definition) is 1. The Hall–Kier alpha value is -6.38. The first-order valence-electron chi connectivity index (χ1n) is 19.7. The molecule has 0 atom stereocenters. The zero-order chi connectivity index (χ0) is 37.8. The van der Waals surface area contributed by atoms with Crippen molar-refractivity contribution in [3.05, 3.63) is 199 Å². The van der Waals surface area contributed by atoms with Crippen LogP contribution in [0.4, 0.5) is 11.4 Å². The molecule has 2 aliphatic carbocycles. The quantitative estimate of drug-likeness (QED) is 0.188. The zero-order valence-electron chi connectivity index (χ0n) is 32.3. The highest BCUT2D eigenvalue weighted by molar-refractivity contribution is 6.11. The second-order valence-corrected chi connectivity index (χ2v) is 14.6. The summed E-state index contributed by atoms with van der Waals surface area (Å²) < 4.78 is 2.45. The minimum atomic E-state index is -0.000532. The molecule has 0 unspecified atom stereocenters. The van der Waals surface area contributed by atoms with Crippen LogP contribution < -0.4 is 5.32 Å². The first-order valence-corrected chi connectivity index (χ1v) is 19.7. The van der Waals surface area contributed by atoms with E-state index in [1.165, 1.54) is 72.0 Å². The summed E-state index contributed by atoms with van der Waals surface area (Å²) in [7, 11) is 0. The summed E-state index contributed by atoms with van der Waals surface area (Å²) in [6.45, 7) is 8.65. The Morgan fingerprint density at radius 1 is 0.491 bits per heavy atom. The van der Waals surface area contributed by atoms with Gasteiger partial charge in [-0.15, -0.1) is 0 Å². The lowest BCUT2D eigenvalue weighted by Crippen LogP contribution is -2.15. The molecule has 0 saturated heterocycles. The van der Waals surface area contributed by atoms with E-state index in [0.717, 1.165) is 24.2 Å². The highest BCUT2D eigenvalue weighted by Gasteiger charge is 2.35. The minimum absolute atomic E-state index is 0.000532. The summed E-state index contributed by atoms with van der Waals surface area (Å²) >= 11 is 0. The molecule has 0 aliphatic heterocycles. The van der Waals surface area contributed by atoms with Crippen molar-refractivity contribution >= 4 is 38.9 Å². The number of para-hydroxylation sites is 1. The van der Waals surface area contributed by atoms with Crippen LogP contribution >= 0.6 is 0 Å². The third-order valence-electron chi connectivity index (χ3n) is 10.9. The Labute approximate surface area is 326 Å². The van der Waals surface area contributed by atoms with Crippen molar-refractivity contribution in [1.29, 1.82) is 0 Å². The number of allylic oxidation sites excluding steroid dienone is 4. The Morgan fingerprint density at radius 3 is 1.78 bits per heavy atom. The molecule has 0 spiro atoms. The van der Waals surface area contributed by atoms with E-state index in [4.69, 9.17) is 0 Å². The van der Waals surface area contributed by atoms with E-state index in [0.29, 0.717) is 0 Å². The molecule has 1 heterocycles. The molecule has 1 N–H and O–H groups in total. The third kappa shape index (κ3) is 6.93. The normalized spacial score (nSPS) is 13.5. The number of aromatic nitrogens is 1. The van der Waals surface area contributed by atoms with Gasteiger partial charge in [0.2, 0.25) is 0 Å². The van der Waals surface area contributed by atoms with Crippen LogP contribution in [0.5, 0.6) is 0 Å². The average molecular weight is 713 g/mol. The molecule has 55 heavy (non-hydrogen) atoms. The van der Waals surface area contributed by atoms with Crippen molar-refractivity contribution in [3.63, 3.8) is 0 Å². The van der Waals surface area contributed by atoms with Crippen molar-refractivity contribution in [2.24, 2.45) is 0 Å². The Balaban J connectivity index is 0.000000258. The van der Waals surface area contributed by atoms with Gasteiger partial charge in [-0.3, -0.25) is 0 Å².